The molecule has 0 unspecified atom stereocenters. The molecule has 2 N–H and O–H groups in total. The normalized spacial score (nSPS) is 10.4. The van der Waals surface area contributed by atoms with Crippen molar-refractivity contribution >= 4 is 23.1 Å². The van der Waals surface area contributed by atoms with E-state index >= 15 is 0 Å². The summed E-state index contributed by atoms with van der Waals surface area (Å²) in [6.07, 6.45) is 1.23. The minimum absolute atomic E-state index is 0.0494. The number of halogens is 2. The average Bonchev–Trinajstić information content (AvgIpc) is 2.60. The molecule has 1 heterocycles. The Morgan fingerprint density at radius 3 is 2.48 bits per heavy atom. The summed E-state index contributed by atoms with van der Waals surface area (Å²) in [7, 11) is 0. The van der Waals surface area contributed by atoms with Gasteiger partial charge in [0.25, 0.3) is 5.91 Å². The molecule has 25 heavy (non-hydrogen) atoms. The number of aryl methyl sites for hydroxylation is 1. The second-order valence-corrected chi connectivity index (χ2v) is 5.36. The molecule has 0 aliphatic rings. The molecule has 5 nitrogen and oxygen atoms in total. The zero-order valence-corrected chi connectivity index (χ0v) is 13.3. The van der Waals surface area contributed by atoms with Crippen LogP contribution in [0.5, 0.6) is 0 Å². The van der Waals surface area contributed by atoms with Gasteiger partial charge in [0, 0.05) is 17.8 Å². The lowest BCUT2D eigenvalue weighted by atomic mass is 10.2. The van der Waals surface area contributed by atoms with Crippen molar-refractivity contribution in [3.8, 4) is 0 Å². The summed E-state index contributed by atoms with van der Waals surface area (Å²) in [6, 6.07) is 12.0. The van der Waals surface area contributed by atoms with E-state index in [0.717, 1.165) is 23.4 Å². The Balaban J connectivity index is 1.76. The fourth-order valence-electron chi connectivity index (χ4n) is 2.11. The van der Waals surface area contributed by atoms with Gasteiger partial charge in [-0.15, -0.1) is 0 Å². The van der Waals surface area contributed by atoms with E-state index in [-0.39, 0.29) is 11.4 Å². The Hall–Kier alpha value is -3.35. The molecular formula is C18H14F2N4O. The number of rotatable bonds is 4. The fourth-order valence-corrected chi connectivity index (χ4v) is 2.11. The predicted octanol–water partition coefficient (Wildman–Crippen LogP) is 4.06. The predicted molar refractivity (Wildman–Crippen MR) is 90.8 cm³/mol. The molecule has 3 aromatic rings. The van der Waals surface area contributed by atoms with Gasteiger partial charge >= 0.3 is 0 Å². The Morgan fingerprint density at radius 2 is 1.76 bits per heavy atom. The Labute approximate surface area is 142 Å². The number of benzene rings is 2. The third-order valence-corrected chi connectivity index (χ3v) is 3.40. The Bertz CT molecular complexity index is 913. The number of nitrogens with zero attached hydrogens (tertiary/aromatic N) is 2. The maximum absolute atomic E-state index is 13.6. The van der Waals surface area contributed by atoms with Gasteiger partial charge in [-0.2, -0.15) is 0 Å². The molecule has 0 atom stereocenters. The number of aromatic nitrogens is 2. The van der Waals surface area contributed by atoms with Crippen molar-refractivity contribution in [1.82, 2.24) is 9.97 Å². The van der Waals surface area contributed by atoms with E-state index in [9.17, 15) is 13.6 Å². The zero-order valence-electron chi connectivity index (χ0n) is 13.3. The fraction of sp³-hybridized carbons (Fsp3) is 0.0556. The molecule has 0 saturated heterocycles. The topological polar surface area (TPSA) is 66.9 Å². The van der Waals surface area contributed by atoms with Gasteiger partial charge in [-0.05, 0) is 31.2 Å². The van der Waals surface area contributed by atoms with Gasteiger partial charge in [0.05, 0.1) is 5.69 Å². The first kappa shape index (κ1) is 16.5. The van der Waals surface area contributed by atoms with Gasteiger partial charge in [0.2, 0.25) is 0 Å². The molecule has 2 aromatic carbocycles. The molecular weight excluding hydrogens is 326 g/mol. The molecule has 126 valence electrons. The van der Waals surface area contributed by atoms with Gasteiger partial charge in [0.1, 0.15) is 29.5 Å². The van der Waals surface area contributed by atoms with Gasteiger partial charge in [-0.25, -0.2) is 18.7 Å². The molecule has 0 spiro atoms. The van der Waals surface area contributed by atoms with Crippen molar-refractivity contribution in [2.75, 3.05) is 10.6 Å². The zero-order chi connectivity index (χ0) is 17.8. The molecule has 7 heteroatoms. The van der Waals surface area contributed by atoms with Crippen molar-refractivity contribution in [2.45, 2.75) is 6.92 Å². The highest BCUT2D eigenvalue weighted by Crippen LogP contribution is 2.18. The molecule has 0 bridgehead atoms. The number of carbonyl (C=O) groups excluding carboxylic acids is 1. The molecule has 3 rings (SSSR count). The van der Waals surface area contributed by atoms with E-state index in [0.29, 0.717) is 11.9 Å². The smallest absolute Gasteiger partial charge is 0.274 e. The largest absolute Gasteiger partial charge is 0.340 e. The average molecular weight is 340 g/mol. The lowest BCUT2D eigenvalue weighted by Crippen LogP contribution is -2.15. The maximum Gasteiger partial charge on any atom is 0.274 e. The van der Waals surface area contributed by atoms with E-state index < -0.39 is 17.5 Å². The molecule has 1 amide bonds. The molecule has 0 fully saturated rings. The van der Waals surface area contributed by atoms with Crippen molar-refractivity contribution in [1.29, 1.82) is 0 Å². The van der Waals surface area contributed by atoms with Crippen LogP contribution in [0.25, 0.3) is 0 Å². The van der Waals surface area contributed by atoms with Crippen LogP contribution in [0.4, 0.5) is 26.0 Å². The Kier molecular flexibility index (Phi) is 4.65. The summed E-state index contributed by atoms with van der Waals surface area (Å²) in [6.45, 7) is 1.98. The Morgan fingerprint density at radius 1 is 1.00 bits per heavy atom. The third-order valence-electron chi connectivity index (χ3n) is 3.40. The number of anilines is 3. The van der Waals surface area contributed by atoms with Gasteiger partial charge in [-0.3, -0.25) is 4.79 Å². The molecule has 1 aromatic heterocycles. The van der Waals surface area contributed by atoms with Gasteiger partial charge in [0.15, 0.2) is 0 Å². The van der Waals surface area contributed by atoms with E-state index in [1.54, 1.807) is 0 Å². The monoisotopic (exact) mass is 340 g/mol. The second kappa shape index (κ2) is 7.04. The van der Waals surface area contributed by atoms with Crippen molar-refractivity contribution in [3.05, 3.63) is 77.8 Å². The van der Waals surface area contributed by atoms with Crippen LogP contribution in [-0.2, 0) is 0 Å². The molecule has 0 saturated carbocycles. The van der Waals surface area contributed by atoms with Crippen LogP contribution >= 0.6 is 0 Å². The van der Waals surface area contributed by atoms with E-state index in [1.807, 2.05) is 31.2 Å². The summed E-state index contributed by atoms with van der Waals surface area (Å²) < 4.78 is 26.5. The number of nitrogens with one attached hydrogen (secondary N) is 2. The summed E-state index contributed by atoms with van der Waals surface area (Å²) >= 11 is 0. The summed E-state index contributed by atoms with van der Waals surface area (Å²) in [5.74, 6) is -1.79. The molecule has 0 aliphatic heterocycles. The van der Waals surface area contributed by atoms with Crippen LogP contribution in [0.3, 0.4) is 0 Å². The first-order valence-corrected chi connectivity index (χ1v) is 7.43. The van der Waals surface area contributed by atoms with Crippen LogP contribution in [0.2, 0.25) is 0 Å². The minimum Gasteiger partial charge on any atom is -0.340 e. The number of hydrogen-bond donors (Lipinski definition) is 2. The van der Waals surface area contributed by atoms with Crippen LogP contribution in [0.1, 0.15) is 16.1 Å². The quantitative estimate of drug-likeness (QED) is 0.752. The second-order valence-electron chi connectivity index (χ2n) is 5.36. The third kappa shape index (κ3) is 4.14. The lowest BCUT2D eigenvalue weighted by molar-refractivity contribution is 0.102. The first-order chi connectivity index (χ1) is 12.0. The van der Waals surface area contributed by atoms with Crippen LogP contribution < -0.4 is 10.6 Å². The number of hydrogen-bond acceptors (Lipinski definition) is 4. The van der Waals surface area contributed by atoms with Gasteiger partial charge in [-0.1, -0.05) is 17.7 Å². The number of carbonyl (C=O) groups is 1. The SMILES string of the molecule is Cc1ccc(Nc2cc(C(=O)Nc3ccc(F)cc3F)ncn2)cc1. The van der Waals surface area contributed by atoms with Crippen LogP contribution in [0, 0.1) is 18.6 Å². The highest BCUT2D eigenvalue weighted by atomic mass is 19.1. The highest BCUT2D eigenvalue weighted by Gasteiger charge is 2.12. The van der Waals surface area contributed by atoms with Crippen molar-refractivity contribution in [3.63, 3.8) is 0 Å². The first-order valence-electron chi connectivity index (χ1n) is 7.43. The minimum atomic E-state index is -0.861. The number of amides is 1. The van der Waals surface area contributed by atoms with E-state index in [1.165, 1.54) is 12.4 Å². The van der Waals surface area contributed by atoms with Crippen LogP contribution in [-0.4, -0.2) is 15.9 Å². The molecule has 0 radical (unpaired) electrons. The lowest BCUT2D eigenvalue weighted by Gasteiger charge is -2.08. The standard InChI is InChI=1S/C18H14F2N4O/c1-11-2-5-13(6-3-11)23-17-9-16(21-10-22-17)18(25)24-15-7-4-12(19)8-14(15)20/h2-10H,1H3,(H,24,25)(H,21,22,23). The van der Waals surface area contributed by atoms with Gasteiger partial charge < -0.3 is 10.6 Å². The summed E-state index contributed by atoms with van der Waals surface area (Å²) in [5.41, 5.74) is 1.85. The highest BCUT2D eigenvalue weighted by molar-refractivity contribution is 6.03. The summed E-state index contributed by atoms with van der Waals surface area (Å²) in [5, 5.41) is 5.41. The van der Waals surface area contributed by atoms with E-state index in [4.69, 9.17) is 0 Å². The van der Waals surface area contributed by atoms with Crippen molar-refractivity contribution < 1.29 is 13.6 Å². The van der Waals surface area contributed by atoms with Crippen LogP contribution in [0.15, 0.2) is 54.9 Å². The van der Waals surface area contributed by atoms with Crippen molar-refractivity contribution in [2.24, 2.45) is 0 Å². The van der Waals surface area contributed by atoms with E-state index in [2.05, 4.69) is 20.6 Å². The summed E-state index contributed by atoms with van der Waals surface area (Å²) in [4.78, 5) is 20.1. The molecule has 0 aliphatic carbocycles. The maximum atomic E-state index is 13.6.